The smallest absolute Gasteiger partial charge is 0.416 e. The van der Waals surface area contributed by atoms with E-state index >= 15 is 0 Å². The first-order chi connectivity index (χ1) is 18.3. The van der Waals surface area contributed by atoms with Gasteiger partial charge >= 0.3 is 12.1 Å². The summed E-state index contributed by atoms with van der Waals surface area (Å²) in [6.45, 7) is 2.91. The molecule has 12 heteroatoms. The Morgan fingerprint density at radius 1 is 1.13 bits per heavy atom. The third-order valence-corrected chi connectivity index (χ3v) is 6.69. The van der Waals surface area contributed by atoms with Crippen LogP contribution in [0.1, 0.15) is 42.5 Å². The Kier molecular flexibility index (Phi) is 10.1. The maximum absolute atomic E-state index is 14.0. The predicted octanol–water partition coefficient (Wildman–Crippen LogP) is 4.77. The van der Waals surface area contributed by atoms with E-state index in [4.69, 9.17) is 16.7 Å². The van der Waals surface area contributed by atoms with E-state index < -0.39 is 29.4 Å². The highest BCUT2D eigenvalue weighted by molar-refractivity contribution is 6.30. The monoisotopic (exact) mass is 569 g/mol. The third-order valence-electron chi connectivity index (χ3n) is 6.43. The minimum absolute atomic E-state index is 0.0351. The van der Waals surface area contributed by atoms with Crippen molar-refractivity contribution in [3.05, 3.63) is 76.1 Å². The lowest BCUT2D eigenvalue weighted by Gasteiger charge is -2.45. The van der Waals surface area contributed by atoms with Crippen molar-refractivity contribution in [3.8, 4) is 0 Å². The first kappa shape index (κ1) is 30.1. The lowest BCUT2D eigenvalue weighted by molar-refractivity contribution is -0.139. The summed E-state index contributed by atoms with van der Waals surface area (Å²) in [6, 6.07) is 8.56. The summed E-state index contributed by atoms with van der Waals surface area (Å²) in [5.41, 5.74) is -0.523. The normalized spacial score (nSPS) is 18.4. The molecule has 39 heavy (non-hydrogen) atoms. The van der Waals surface area contributed by atoms with Crippen LogP contribution in [0.15, 0.2) is 48.5 Å². The summed E-state index contributed by atoms with van der Waals surface area (Å²) < 4.78 is 52.2. The van der Waals surface area contributed by atoms with Crippen LogP contribution in [0, 0.1) is 5.82 Å². The van der Waals surface area contributed by atoms with Gasteiger partial charge in [0, 0.05) is 42.2 Å². The van der Waals surface area contributed by atoms with Gasteiger partial charge in [-0.15, -0.1) is 0 Å². The Bertz CT molecular complexity index is 1220. The molecule has 1 fully saturated rings. The van der Waals surface area contributed by atoms with Gasteiger partial charge in [-0.3, -0.25) is 19.3 Å². The van der Waals surface area contributed by atoms with Crippen molar-refractivity contribution in [2.24, 2.45) is 0 Å². The Balaban J connectivity index is 1.66. The van der Waals surface area contributed by atoms with Gasteiger partial charge in [0.15, 0.2) is 0 Å². The van der Waals surface area contributed by atoms with Crippen molar-refractivity contribution in [2.45, 2.75) is 38.0 Å². The number of benzene rings is 2. The summed E-state index contributed by atoms with van der Waals surface area (Å²) in [5.74, 6) is -3.09. The van der Waals surface area contributed by atoms with E-state index in [9.17, 15) is 31.9 Å². The molecular weight excluding hydrogens is 542 g/mol. The molecule has 2 atom stereocenters. The largest absolute Gasteiger partial charge is 0.481 e. The van der Waals surface area contributed by atoms with Crippen LogP contribution in [0.4, 0.5) is 17.6 Å². The van der Waals surface area contributed by atoms with Crippen LogP contribution in [-0.2, 0) is 20.6 Å². The van der Waals surface area contributed by atoms with Crippen molar-refractivity contribution in [3.63, 3.8) is 0 Å². The minimum atomic E-state index is -4.69. The number of rotatable bonds is 9. The molecule has 0 radical (unpaired) electrons. The molecule has 1 aliphatic rings. The number of hydrogen-bond donors (Lipinski definition) is 2. The number of carboxylic acid groups (broad SMARTS) is 1. The molecule has 210 valence electrons. The van der Waals surface area contributed by atoms with Gasteiger partial charge in [0.1, 0.15) is 5.82 Å². The zero-order valence-corrected chi connectivity index (χ0v) is 21.8. The SMILES string of the molecule is C[C@@H]1CN(C(=O)CNC(=O)/C=C/c2ccc(C(F)(F)F)cc2F)[C@@H](c2ccc(Cl)cc2)CN1CCCC(=O)O. The van der Waals surface area contributed by atoms with Gasteiger partial charge in [-0.05, 0) is 55.8 Å². The summed E-state index contributed by atoms with van der Waals surface area (Å²) >= 11 is 6.02. The molecule has 7 nitrogen and oxygen atoms in total. The van der Waals surface area contributed by atoms with Gasteiger partial charge in [-0.25, -0.2) is 4.39 Å². The topological polar surface area (TPSA) is 90.0 Å². The Hall–Kier alpha value is -3.44. The van der Waals surface area contributed by atoms with Crippen LogP contribution in [0.3, 0.4) is 0 Å². The van der Waals surface area contributed by atoms with Gasteiger partial charge in [-0.1, -0.05) is 29.8 Å². The van der Waals surface area contributed by atoms with E-state index in [2.05, 4.69) is 10.2 Å². The van der Waals surface area contributed by atoms with Gasteiger partial charge in [-0.2, -0.15) is 13.2 Å². The van der Waals surface area contributed by atoms with E-state index in [0.717, 1.165) is 23.8 Å². The van der Waals surface area contributed by atoms with Crippen LogP contribution in [-0.4, -0.2) is 64.9 Å². The number of halogens is 5. The molecule has 2 N–H and O–H groups in total. The molecule has 2 amide bonds. The maximum atomic E-state index is 14.0. The second kappa shape index (κ2) is 13.1. The van der Waals surface area contributed by atoms with E-state index in [1.807, 2.05) is 6.92 Å². The van der Waals surface area contributed by atoms with Crippen molar-refractivity contribution in [1.82, 2.24) is 15.1 Å². The molecule has 3 rings (SSSR count). The number of aliphatic carboxylic acids is 1. The molecule has 1 aliphatic heterocycles. The van der Waals surface area contributed by atoms with E-state index in [0.29, 0.717) is 43.2 Å². The van der Waals surface area contributed by atoms with Crippen molar-refractivity contribution in [2.75, 3.05) is 26.2 Å². The molecule has 1 heterocycles. The number of carboxylic acids is 1. The summed E-state index contributed by atoms with van der Waals surface area (Å²) in [5, 5.41) is 11.9. The second-order valence-electron chi connectivity index (χ2n) is 9.24. The number of carbonyl (C=O) groups is 3. The highest BCUT2D eigenvalue weighted by atomic mass is 35.5. The molecule has 2 aromatic rings. The minimum Gasteiger partial charge on any atom is -0.481 e. The van der Waals surface area contributed by atoms with E-state index in [1.165, 1.54) is 0 Å². The summed E-state index contributed by atoms with van der Waals surface area (Å²) in [7, 11) is 0. The quantitative estimate of drug-likeness (QED) is 0.336. The number of amides is 2. The molecule has 0 spiro atoms. The average Bonchev–Trinajstić information content (AvgIpc) is 2.87. The zero-order chi connectivity index (χ0) is 28.7. The number of nitrogens with zero attached hydrogens (tertiary/aromatic N) is 2. The molecule has 2 aromatic carbocycles. The van der Waals surface area contributed by atoms with Crippen LogP contribution < -0.4 is 5.32 Å². The number of nitrogens with one attached hydrogen (secondary N) is 1. The van der Waals surface area contributed by atoms with Gasteiger partial charge < -0.3 is 15.3 Å². The van der Waals surface area contributed by atoms with Crippen molar-refractivity contribution < 1.29 is 37.1 Å². The predicted molar refractivity (Wildman–Crippen MR) is 137 cm³/mol. The fourth-order valence-corrected chi connectivity index (χ4v) is 4.47. The molecule has 1 saturated heterocycles. The van der Waals surface area contributed by atoms with Gasteiger partial charge in [0.25, 0.3) is 0 Å². The highest BCUT2D eigenvalue weighted by Gasteiger charge is 2.35. The lowest BCUT2D eigenvalue weighted by atomic mass is 9.99. The fraction of sp³-hybridized carbons (Fsp3) is 0.370. The first-order valence-electron chi connectivity index (χ1n) is 12.2. The van der Waals surface area contributed by atoms with Crippen molar-refractivity contribution >= 4 is 35.5 Å². The number of hydrogen-bond acceptors (Lipinski definition) is 4. The Morgan fingerprint density at radius 2 is 1.82 bits per heavy atom. The number of piperazine rings is 1. The van der Waals surface area contributed by atoms with E-state index in [-0.39, 0.29) is 36.5 Å². The number of carbonyl (C=O) groups excluding carboxylic acids is 2. The molecular formula is C27H28ClF4N3O4. The lowest BCUT2D eigenvalue weighted by Crippen LogP contribution is -2.56. The summed E-state index contributed by atoms with van der Waals surface area (Å²) in [6.07, 6.45) is -2.22. The molecule has 0 bridgehead atoms. The second-order valence-corrected chi connectivity index (χ2v) is 9.68. The van der Waals surface area contributed by atoms with Gasteiger partial charge in [0.05, 0.1) is 18.2 Å². The van der Waals surface area contributed by atoms with Crippen LogP contribution >= 0.6 is 11.6 Å². The highest BCUT2D eigenvalue weighted by Crippen LogP contribution is 2.31. The third kappa shape index (κ3) is 8.52. The summed E-state index contributed by atoms with van der Waals surface area (Å²) in [4.78, 5) is 40.1. The average molecular weight is 570 g/mol. The standard InChI is InChI=1S/C27H28ClF4N3O4/c1-17-15-35(23(19-5-9-21(28)10-6-19)16-34(17)12-2-3-26(38)39)25(37)14-33-24(36)11-7-18-4-8-20(13-22(18)29)27(30,31)32/h4-11,13,17,23H,2-3,12,14-16H2,1H3,(H,33,36)(H,38,39)/b11-7+/t17-,23-/m1/s1. The van der Waals surface area contributed by atoms with Gasteiger partial charge in [0.2, 0.25) is 11.8 Å². The Morgan fingerprint density at radius 3 is 2.44 bits per heavy atom. The zero-order valence-electron chi connectivity index (χ0n) is 21.0. The Labute approximate surface area is 228 Å². The van der Waals surface area contributed by atoms with Crippen LogP contribution in [0.25, 0.3) is 6.08 Å². The molecule has 0 unspecified atom stereocenters. The van der Waals surface area contributed by atoms with Crippen molar-refractivity contribution in [1.29, 1.82) is 0 Å². The molecule has 0 aromatic heterocycles. The van der Waals surface area contributed by atoms with E-state index in [1.54, 1.807) is 29.2 Å². The molecule has 0 aliphatic carbocycles. The van der Waals surface area contributed by atoms with Crippen LogP contribution in [0.5, 0.6) is 0 Å². The first-order valence-corrected chi connectivity index (χ1v) is 12.6. The number of alkyl halides is 3. The fourth-order valence-electron chi connectivity index (χ4n) is 4.35. The van der Waals surface area contributed by atoms with Crippen LogP contribution in [0.2, 0.25) is 5.02 Å². The molecule has 0 saturated carbocycles. The maximum Gasteiger partial charge on any atom is 0.416 e.